The largest absolute Gasteiger partial charge is 0.325 e. The fourth-order valence-corrected chi connectivity index (χ4v) is 0.116. The van der Waals surface area contributed by atoms with Crippen molar-refractivity contribution in [3.8, 4) is 0 Å². The molecule has 0 unspecified atom stereocenters. The summed E-state index contributed by atoms with van der Waals surface area (Å²) >= 11 is 0. The summed E-state index contributed by atoms with van der Waals surface area (Å²) in [6.07, 6.45) is -2.66. The van der Waals surface area contributed by atoms with Crippen LogP contribution in [-0.2, 0) is 0 Å². The number of rotatable bonds is 1. The van der Waals surface area contributed by atoms with E-state index in [1.54, 1.807) is 0 Å². The van der Waals surface area contributed by atoms with Gasteiger partial charge < -0.3 is 0 Å². The maximum atomic E-state index is 11.3. The topological polar surface area (TPSA) is 3.24 Å². The summed E-state index contributed by atoms with van der Waals surface area (Å²) in [7, 11) is 0.536. The smallest absolute Gasteiger partial charge is 0.183 e. The van der Waals surface area contributed by atoms with E-state index in [0.29, 0.717) is 7.05 Å². The van der Waals surface area contributed by atoms with Crippen molar-refractivity contribution in [3.63, 3.8) is 0 Å². The summed E-state index contributed by atoms with van der Waals surface area (Å²) in [5.74, 6) is -2.15. The lowest BCUT2D eigenvalue weighted by atomic mass is 10.9. The molecule has 0 N–H and O–H groups in total. The monoisotopic (exact) mass is 129 g/mol. The Bertz CT molecular complexity index is 104. The molecular weight excluding hydrogens is 126 g/mol. The Morgan fingerprint density at radius 3 is 1.62 bits per heavy atom. The third-order valence-corrected chi connectivity index (χ3v) is 0.426. The Kier molecular flexibility index (Phi) is 2.30. The van der Waals surface area contributed by atoms with Crippen LogP contribution in [0.2, 0.25) is 0 Å². The first kappa shape index (κ1) is 7.26. The lowest BCUT2D eigenvalue weighted by molar-refractivity contribution is 0.0584. The van der Waals surface area contributed by atoms with Crippen LogP contribution in [0.1, 0.15) is 0 Å². The number of nitrogens with zero attached hydrogens (tertiary/aromatic N) is 1. The van der Waals surface area contributed by atoms with Crippen molar-refractivity contribution >= 4 is 0 Å². The summed E-state index contributed by atoms with van der Waals surface area (Å²) in [4.78, 5) is 0. The van der Waals surface area contributed by atoms with Crippen molar-refractivity contribution in [3.05, 3.63) is 12.0 Å². The normalized spacial score (nSPS) is 8.62. The second kappa shape index (κ2) is 2.54. The van der Waals surface area contributed by atoms with Crippen LogP contribution in [0.5, 0.6) is 0 Å². The highest BCUT2D eigenvalue weighted by molar-refractivity contribution is 4.85. The predicted octanol–water partition coefficient (Wildman–Crippen LogP) is 1.84. The van der Waals surface area contributed by atoms with Crippen LogP contribution in [0.15, 0.2) is 12.0 Å². The average molecular weight is 129 g/mol. The fourth-order valence-electron chi connectivity index (χ4n) is 0.116. The highest BCUT2D eigenvalue weighted by Crippen LogP contribution is 2.11. The molecule has 0 atom stereocenters. The molecular formula is C3H3F4N. The number of halogens is 4. The van der Waals surface area contributed by atoms with Crippen LogP contribution in [0.25, 0.3) is 0 Å². The van der Waals surface area contributed by atoms with Gasteiger partial charge in [0, 0.05) is 7.05 Å². The molecule has 0 spiro atoms. The highest BCUT2D eigenvalue weighted by atomic mass is 19.3. The van der Waals surface area contributed by atoms with Crippen molar-refractivity contribution < 1.29 is 17.7 Å². The molecule has 8 heavy (non-hydrogen) atoms. The van der Waals surface area contributed by atoms with Gasteiger partial charge in [-0.2, -0.15) is 18.3 Å². The molecule has 0 aliphatic rings. The Labute approximate surface area is 43.1 Å². The van der Waals surface area contributed by atoms with Gasteiger partial charge in [0.05, 0.1) is 0 Å². The minimum absolute atomic E-state index is 0.536. The summed E-state index contributed by atoms with van der Waals surface area (Å²) in [6.45, 7) is 0. The molecule has 0 bridgehead atoms. The second-order valence-electron chi connectivity index (χ2n) is 1.03. The molecule has 0 fully saturated rings. The molecule has 1 nitrogen and oxygen atoms in total. The number of hydrogen-bond acceptors (Lipinski definition) is 1. The molecule has 0 aromatic heterocycles. The first-order chi connectivity index (χ1) is 3.55. The van der Waals surface area contributed by atoms with Gasteiger partial charge in [-0.25, -0.2) is 0 Å². The van der Waals surface area contributed by atoms with Gasteiger partial charge in [-0.3, -0.25) is 0 Å². The zero-order valence-electron chi connectivity index (χ0n) is 3.96. The Morgan fingerprint density at radius 1 is 1.25 bits per heavy atom. The predicted molar refractivity (Wildman–Crippen MR) is 19.2 cm³/mol. The van der Waals surface area contributed by atoms with Gasteiger partial charge >= 0.3 is 6.08 Å². The van der Waals surface area contributed by atoms with E-state index >= 15 is 0 Å². The highest BCUT2D eigenvalue weighted by Gasteiger charge is 2.08. The van der Waals surface area contributed by atoms with Crippen LogP contribution in [0.4, 0.5) is 17.7 Å². The zero-order chi connectivity index (χ0) is 6.73. The van der Waals surface area contributed by atoms with Crippen molar-refractivity contribution in [2.75, 3.05) is 7.05 Å². The van der Waals surface area contributed by atoms with Gasteiger partial charge in [-0.1, -0.05) is 4.48 Å². The third-order valence-electron chi connectivity index (χ3n) is 0.426. The van der Waals surface area contributed by atoms with E-state index in [9.17, 15) is 17.7 Å². The Morgan fingerprint density at radius 2 is 1.62 bits per heavy atom. The van der Waals surface area contributed by atoms with Gasteiger partial charge in [-0.05, 0) is 0 Å². The fraction of sp³-hybridized carbons (Fsp3) is 0.333. The van der Waals surface area contributed by atoms with Gasteiger partial charge in [0.2, 0.25) is 0 Å². The molecule has 0 aromatic carbocycles. The SMILES string of the molecule is CN(F)C(F)=C(F)F. The van der Waals surface area contributed by atoms with Gasteiger partial charge in [0.15, 0.2) is 0 Å². The van der Waals surface area contributed by atoms with Crippen molar-refractivity contribution in [1.82, 2.24) is 5.12 Å². The van der Waals surface area contributed by atoms with Gasteiger partial charge in [0.25, 0.3) is 5.95 Å². The molecule has 0 heterocycles. The van der Waals surface area contributed by atoms with E-state index in [1.807, 2.05) is 0 Å². The molecule has 0 saturated heterocycles. The maximum Gasteiger partial charge on any atom is 0.325 e. The zero-order valence-corrected chi connectivity index (χ0v) is 3.96. The molecule has 5 heteroatoms. The minimum Gasteiger partial charge on any atom is -0.183 e. The van der Waals surface area contributed by atoms with Crippen LogP contribution >= 0.6 is 0 Å². The van der Waals surface area contributed by atoms with E-state index in [1.165, 1.54) is 0 Å². The first-order valence-corrected chi connectivity index (χ1v) is 1.66. The van der Waals surface area contributed by atoms with Crippen molar-refractivity contribution in [1.29, 1.82) is 0 Å². The standard InChI is InChI=1S/C3H3F4N/c1-8(7)3(6)2(4)5/h1H3. The van der Waals surface area contributed by atoms with E-state index in [2.05, 4.69) is 0 Å². The molecule has 0 aromatic rings. The van der Waals surface area contributed by atoms with E-state index in [-0.39, 0.29) is 0 Å². The lowest BCUT2D eigenvalue weighted by Crippen LogP contribution is -2.01. The van der Waals surface area contributed by atoms with Crippen LogP contribution < -0.4 is 0 Å². The Balaban J connectivity index is 4.00. The molecule has 0 aliphatic heterocycles. The summed E-state index contributed by atoms with van der Waals surface area (Å²) < 4.78 is 44.4. The molecule has 0 rings (SSSR count). The van der Waals surface area contributed by atoms with Gasteiger partial charge in [-0.15, -0.1) is 0 Å². The minimum atomic E-state index is -2.66. The Hall–Kier alpha value is -0.740. The molecule has 0 amide bonds. The first-order valence-electron chi connectivity index (χ1n) is 1.66. The van der Waals surface area contributed by atoms with Crippen molar-refractivity contribution in [2.45, 2.75) is 0 Å². The van der Waals surface area contributed by atoms with E-state index < -0.39 is 17.2 Å². The molecule has 0 saturated carbocycles. The third kappa shape index (κ3) is 1.81. The maximum absolute atomic E-state index is 11.3. The summed E-state index contributed by atoms with van der Waals surface area (Å²) in [6, 6.07) is 0. The molecule has 0 aliphatic carbocycles. The average Bonchev–Trinajstić information content (AvgIpc) is 1.64. The van der Waals surface area contributed by atoms with E-state index in [4.69, 9.17) is 0 Å². The van der Waals surface area contributed by atoms with Crippen molar-refractivity contribution in [2.24, 2.45) is 0 Å². The lowest BCUT2D eigenvalue weighted by Gasteiger charge is -1.98. The van der Waals surface area contributed by atoms with Crippen LogP contribution in [-0.4, -0.2) is 12.2 Å². The number of hydrogen-bond donors (Lipinski definition) is 0. The molecule has 0 radical (unpaired) electrons. The summed E-state index contributed by atoms with van der Waals surface area (Å²) in [5, 5.41) is -0.796. The quantitative estimate of drug-likeness (QED) is 0.296. The molecule has 48 valence electrons. The van der Waals surface area contributed by atoms with Gasteiger partial charge in [0.1, 0.15) is 0 Å². The summed E-state index contributed by atoms with van der Waals surface area (Å²) in [5.41, 5.74) is 0. The second-order valence-corrected chi connectivity index (χ2v) is 1.03. The van der Waals surface area contributed by atoms with Crippen LogP contribution in [0, 0.1) is 0 Å². The van der Waals surface area contributed by atoms with E-state index in [0.717, 1.165) is 0 Å². The van der Waals surface area contributed by atoms with Crippen LogP contribution in [0.3, 0.4) is 0 Å².